The number of esters is 2. The van der Waals surface area contributed by atoms with Gasteiger partial charge in [-0.1, -0.05) is 6.07 Å². The fraction of sp³-hybridized carbons (Fsp3) is 0.304. The number of alkyl halides is 3. The molecule has 0 N–H and O–H groups in total. The summed E-state index contributed by atoms with van der Waals surface area (Å²) < 4.78 is 57.1. The Hall–Kier alpha value is -3.49. The van der Waals surface area contributed by atoms with Gasteiger partial charge in [0, 0.05) is 12.5 Å². The number of rotatable bonds is 10. The fourth-order valence-electron chi connectivity index (χ4n) is 2.54. The highest BCUT2D eigenvalue weighted by atomic mass is 19.4. The molecule has 0 radical (unpaired) electrons. The molecule has 0 aliphatic carbocycles. The Balaban J connectivity index is 1.97. The SMILES string of the molecule is CCOC(=O)C=Cc1ccc(OC(=O)c2ccc(OCCCC(F)(F)F)cc2)c(OC)c1. The van der Waals surface area contributed by atoms with Crippen LogP contribution in [0.25, 0.3) is 6.08 Å². The van der Waals surface area contributed by atoms with Crippen LogP contribution in [0.15, 0.2) is 48.5 Å². The maximum absolute atomic E-state index is 12.4. The van der Waals surface area contributed by atoms with Crippen LogP contribution in [-0.2, 0) is 9.53 Å². The number of carbonyl (C=O) groups is 2. The largest absolute Gasteiger partial charge is 0.494 e. The van der Waals surface area contributed by atoms with Gasteiger partial charge in [0.2, 0.25) is 0 Å². The van der Waals surface area contributed by atoms with E-state index in [2.05, 4.69) is 0 Å². The Morgan fingerprint density at radius 1 is 1.03 bits per heavy atom. The number of methoxy groups -OCH3 is 1. The lowest BCUT2D eigenvalue weighted by atomic mass is 10.2. The third kappa shape index (κ3) is 8.33. The molecule has 0 unspecified atom stereocenters. The van der Waals surface area contributed by atoms with E-state index in [9.17, 15) is 22.8 Å². The van der Waals surface area contributed by atoms with Crippen LogP contribution in [0.2, 0.25) is 0 Å². The molecule has 0 aliphatic heterocycles. The number of carbonyl (C=O) groups excluding carboxylic acids is 2. The van der Waals surface area contributed by atoms with Crippen molar-refractivity contribution in [3.63, 3.8) is 0 Å². The van der Waals surface area contributed by atoms with Crippen molar-refractivity contribution in [1.82, 2.24) is 0 Å². The van der Waals surface area contributed by atoms with Crippen molar-refractivity contribution in [3.8, 4) is 17.2 Å². The summed E-state index contributed by atoms with van der Waals surface area (Å²) in [6.07, 6.45) is -2.47. The van der Waals surface area contributed by atoms with Gasteiger partial charge in [0.15, 0.2) is 11.5 Å². The van der Waals surface area contributed by atoms with Gasteiger partial charge in [0.25, 0.3) is 0 Å². The highest BCUT2D eigenvalue weighted by molar-refractivity contribution is 5.91. The molecule has 0 bridgehead atoms. The lowest BCUT2D eigenvalue weighted by Crippen LogP contribution is -2.10. The third-order valence-electron chi connectivity index (χ3n) is 4.05. The second-order valence-corrected chi connectivity index (χ2v) is 6.48. The van der Waals surface area contributed by atoms with Crippen LogP contribution in [0.4, 0.5) is 13.2 Å². The zero-order chi connectivity index (χ0) is 23.6. The number of hydrogen-bond donors (Lipinski definition) is 0. The summed E-state index contributed by atoms with van der Waals surface area (Å²) in [6, 6.07) is 10.6. The van der Waals surface area contributed by atoms with Crippen molar-refractivity contribution in [3.05, 3.63) is 59.7 Å². The molecule has 0 saturated heterocycles. The van der Waals surface area contributed by atoms with E-state index in [1.54, 1.807) is 25.1 Å². The van der Waals surface area contributed by atoms with Crippen molar-refractivity contribution in [2.45, 2.75) is 25.9 Å². The average Bonchev–Trinajstić information content (AvgIpc) is 2.76. The van der Waals surface area contributed by atoms with Crippen molar-refractivity contribution in [1.29, 1.82) is 0 Å². The van der Waals surface area contributed by atoms with Crippen LogP contribution in [-0.4, -0.2) is 38.4 Å². The zero-order valence-electron chi connectivity index (χ0n) is 17.6. The molecule has 0 saturated carbocycles. The predicted octanol–water partition coefficient (Wildman–Crippen LogP) is 5.21. The smallest absolute Gasteiger partial charge is 0.389 e. The summed E-state index contributed by atoms with van der Waals surface area (Å²) in [5.74, 6) is -0.317. The minimum atomic E-state index is -4.21. The Morgan fingerprint density at radius 2 is 1.75 bits per heavy atom. The fourth-order valence-corrected chi connectivity index (χ4v) is 2.54. The topological polar surface area (TPSA) is 71.1 Å². The minimum Gasteiger partial charge on any atom is -0.494 e. The second-order valence-electron chi connectivity index (χ2n) is 6.48. The molecular formula is C23H23F3O6. The van der Waals surface area contributed by atoms with Gasteiger partial charge in [-0.25, -0.2) is 9.59 Å². The maximum atomic E-state index is 12.4. The van der Waals surface area contributed by atoms with E-state index in [-0.39, 0.29) is 36.7 Å². The molecule has 6 nitrogen and oxygen atoms in total. The van der Waals surface area contributed by atoms with Crippen molar-refractivity contribution < 1.29 is 41.7 Å². The number of ether oxygens (including phenoxy) is 4. The molecule has 9 heteroatoms. The maximum Gasteiger partial charge on any atom is 0.389 e. The molecule has 0 atom stereocenters. The lowest BCUT2D eigenvalue weighted by Gasteiger charge is -2.11. The van der Waals surface area contributed by atoms with Gasteiger partial charge in [0.1, 0.15) is 5.75 Å². The van der Waals surface area contributed by atoms with E-state index < -0.39 is 24.5 Å². The highest BCUT2D eigenvalue weighted by Gasteiger charge is 2.26. The Morgan fingerprint density at radius 3 is 2.38 bits per heavy atom. The van der Waals surface area contributed by atoms with Gasteiger partial charge in [-0.15, -0.1) is 0 Å². The molecule has 0 spiro atoms. The highest BCUT2D eigenvalue weighted by Crippen LogP contribution is 2.29. The molecular weight excluding hydrogens is 429 g/mol. The first-order valence-electron chi connectivity index (χ1n) is 9.76. The van der Waals surface area contributed by atoms with E-state index in [0.29, 0.717) is 11.3 Å². The lowest BCUT2D eigenvalue weighted by molar-refractivity contribution is -0.137. The van der Waals surface area contributed by atoms with Crippen molar-refractivity contribution in [2.24, 2.45) is 0 Å². The first-order chi connectivity index (χ1) is 15.2. The normalized spacial score (nSPS) is 11.3. The van der Waals surface area contributed by atoms with Crippen LogP contribution >= 0.6 is 0 Å². The predicted molar refractivity (Wildman–Crippen MR) is 111 cm³/mol. The Bertz CT molecular complexity index is 936. The molecule has 0 aliphatic rings. The first kappa shape index (κ1) is 24.8. The number of hydrogen-bond acceptors (Lipinski definition) is 6. The molecule has 2 aromatic carbocycles. The zero-order valence-corrected chi connectivity index (χ0v) is 17.6. The van der Waals surface area contributed by atoms with E-state index >= 15 is 0 Å². The van der Waals surface area contributed by atoms with Gasteiger partial charge >= 0.3 is 18.1 Å². The van der Waals surface area contributed by atoms with Crippen molar-refractivity contribution in [2.75, 3.05) is 20.3 Å². The number of benzene rings is 2. The van der Waals surface area contributed by atoms with Crippen LogP contribution < -0.4 is 14.2 Å². The summed E-state index contributed by atoms with van der Waals surface area (Å²) in [6.45, 7) is 1.89. The van der Waals surface area contributed by atoms with E-state index in [4.69, 9.17) is 18.9 Å². The van der Waals surface area contributed by atoms with Crippen LogP contribution in [0.5, 0.6) is 17.2 Å². The van der Waals surface area contributed by atoms with Gasteiger partial charge in [0.05, 0.1) is 25.9 Å². The Kier molecular flexibility index (Phi) is 9.12. The van der Waals surface area contributed by atoms with Crippen LogP contribution in [0.1, 0.15) is 35.7 Å². The second kappa shape index (κ2) is 11.8. The summed E-state index contributed by atoms with van der Waals surface area (Å²) >= 11 is 0. The molecule has 0 amide bonds. The van der Waals surface area contributed by atoms with Crippen molar-refractivity contribution >= 4 is 18.0 Å². The van der Waals surface area contributed by atoms with Gasteiger partial charge in [-0.05, 0) is 61.4 Å². The molecule has 0 fully saturated rings. The summed E-state index contributed by atoms with van der Waals surface area (Å²) in [5, 5.41) is 0. The average molecular weight is 452 g/mol. The molecule has 2 aromatic rings. The first-order valence-corrected chi connectivity index (χ1v) is 9.76. The van der Waals surface area contributed by atoms with E-state index in [0.717, 1.165) is 0 Å². The molecule has 2 rings (SSSR count). The van der Waals surface area contributed by atoms with Crippen LogP contribution in [0, 0.1) is 0 Å². The monoisotopic (exact) mass is 452 g/mol. The minimum absolute atomic E-state index is 0.0858. The summed E-state index contributed by atoms with van der Waals surface area (Å²) in [4.78, 5) is 23.8. The summed E-state index contributed by atoms with van der Waals surface area (Å²) in [7, 11) is 1.41. The van der Waals surface area contributed by atoms with Gasteiger partial charge < -0.3 is 18.9 Å². The van der Waals surface area contributed by atoms with Gasteiger partial charge in [-0.3, -0.25) is 0 Å². The summed E-state index contributed by atoms with van der Waals surface area (Å²) in [5.41, 5.74) is 0.864. The van der Waals surface area contributed by atoms with Gasteiger partial charge in [-0.2, -0.15) is 13.2 Å². The van der Waals surface area contributed by atoms with E-state index in [1.165, 1.54) is 43.5 Å². The molecule has 0 aromatic heterocycles. The third-order valence-corrected chi connectivity index (χ3v) is 4.05. The molecule has 32 heavy (non-hydrogen) atoms. The van der Waals surface area contributed by atoms with Crippen LogP contribution in [0.3, 0.4) is 0 Å². The standard InChI is InChI=1S/C23H23F3O6/c1-3-30-21(27)12-6-16-5-11-19(20(15-16)29-2)32-22(28)17-7-9-18(10-8-17)31-14-4-13-23(24,25)26/h5-12,15H,3-4,13-14H2,1-2H3. The molecule has 0 heterocycles. The number of halogens is 3. The molecule has 172 valence electrons. The Labute approximate surface area is 183 Å². The quantitative estimate of drug-likeness (QED) is 0.213. The van der Waals surface area contributed by atoms with E-state index in [1.807, 2.05) is 0 Å².